The average molecular weight is 194 g/mol. The predicted octanol–water partition coefficient (Wildman–Crippen LogP) is 1.75. The van der Waals surface area contributed by atoms with Crippen LogP contribution in [0.5, 0.6) is 0 Å². The minimum Gasteiger partial charge on any atom is -0.368 e. The summed E-state index contributed by atoms with van der Waals surface area (Å²) in [5.41, 5.74) is 6.89. The molecule has 0 aromatic heterocycles. The summed E-state index contributed by atoms with van der Waals surface area (Å²) < 4.78 is 12.7. The number of rotatable bonds is 3. The van der Waals surface area contributed by atoms with Crippen molar-refractivity contribution in [2.24, 2.45) is 5.73 Å². The Morgan fingerprint density at radius 1 is 1.36 bits per heavy atom. The number of nitrogens with zero attached hydrogens (tertiary/aromatic N) is 1. The van der Waals surface area contributed by atoms with E-state index < -0.39 is 0 Å². The molecule has 0 atom stereocenters. The second-order valence-corrected chi connectivity index (χ2v) is 3.96. The topological polar surface area (TPSA) is 29.3 Å². The Hall–Kier alpha value is -1.09. The fourth-order valence-corrected chi connectivity index (χ4v) is 1.76. The molecule has 2 rings (SSSR count). The maximum Gasteiger partial charge on any atom is 0.123 e. The first kappa shape index (κ1) is 9.46. The van der Waals surface area contributed by atoms with E-state index in [-0.39, 0.29) is 11.4 Å². The fourth-order valence-electron chi connectivity index (χ4n) is 1.76. The molecule has 1 aromatic rings. The van der Waals surface area contributed by atoms with E-state index in [9.17, 15) is 4.39 Å². The predicted molar refractivity (Wildman–Crippen MR) is 55.8 cm³/mol. The number of halogens is 1. The van der Waals surface area contributed by atoms with Gasteiger partial charge >= 0.3 is 0 Å². The van der Waals surface area contributed by atoms with Gasteiger partial charge in [0.25, 0.3) is 0 Å². The lowest BCUT2D eigenvalue weighted by Gasteiger charge is -2.29. The molecular formula is C11H15FN2. The van der Waals surface area contributed by atoms with Crippen LogP contribution in [-0.4, -0.2) is 19.1 Å². The van der Waals surface area contributed by atoms with Crippen molar-refractivity contribution in [3.63, 3.8) is 0 Å². The zero-order valence-electron chi connectivity index (χ0n) is 8.33. The molecule has 0 unspecified atom stereocenters. The van der Waals surface area contributed by atoms with E-state index in [4.69, 9.17) is 5.73 Å². The highest BCUT2D eigenvalue weighted by atomic mass is 19.1. The number of hydrogen-bond acceptors (Lipinski definition) is 2. The second kappa shape index (κ2) is 3.24. The highest BCUT2D eigenvalue weighted by molar-refractivity contribution is 5.50. The molecule has 14 heavy (non-hydrogen) atoms. The highest BCUT2D eigenvalue weighted by Gasteiger charge is 2.45. The van der Waals surface area contributed by atoms with Crippen molar-refractivity contribution in [2.45, 2.75) is 18.4 Å². The van der Waals surface area contributed by atoms with Gasteiger partial charge in [-0.2, -0.15) is 0 Å². The molecule has 0 saturated heterocycles. The molecule has 0 amide bonds. The molecule has 3 heteroatoms. The van der Waals surface area contributed by atoms with Crippen LogP contribution in [0, 0.1) is 5.82 Å². The lowest BCUT2D eigenvalue weighted by Crippen LogP contribution is -2.40. The largest absolute Gasteiger partial charge is 0.368 e. The molecule has 2 nitrogen and oxygen atoms in total. The minimum absolute atomic E-state index is 0.137. The maximum absolute atomic E-state index is 12.7. The number of likely N-dealkylation sites (N-methyl/N-ethyl adjacent to an activating group) is 1. The summed E-state index contributed by atoms with van der Waals surface area (Å²) in [7, 11) is 2.02. The maximum atomic E-state index is 12.7. The van der Waals surface area contributed by atoms with Crippen LogP contribution in [0.3, 0.4) is 0 Å². The Morgan fingerprint density at radius 3 is 2.36 bits per heavy atom. The molecule has 1 fully saturated rings. The molecule has 0 heterocycles. The minimum atomic E-state index is -0.195. The van der Waals surface area contributed by atoms with Crippen LogP contribution < -0.4 is 10.6 Å². The van der Waals surface area contributed by atoms with Crippen molar-refractivity contribution < 1.29 is 4.39 Å². The lowest BCUT2D eigenvalue weighted by molar-refractivity contribution is 0.621. The van der Waals surface area contributed by atoms with Crippen LogP contribution in [0.25, 0.3) is 0 Å². The van der Waals surface area contributed by atoms with Gasteiger partial charge in [0.2, 0.25) is 0 Å². The highest BCUT2D eigenvalue weighted by Crippen LogP contribution is 2.42. The normalized spacial score (nSPS) is 17.9. The van der Waals surface area contributed by atoms with Gasteiger partial charge in [-0.05, 0) is 37.1 Å². The van der Waals surface area contributed by atoms with Crippen molar-refractivity contribution in [1.82, 2.24) is 0 Å². The Labute approximate surface area is 83.5 Å². The van der Waals surface area contributed by atoms with Crippen molar-refractivity contribution in [3.05, 3.63) is 30.1 Å². The molecule has 0 aliphatic heterocycles. The third-order valence-corrected chi connectivity index (χ3v) is 3.13. The molecule has 2 N–H and O–H groups in total. The molecule has 0 bridgehead atoms. The third-order valence-electron chi connectivity index (χ3n) is 3.13. The van der Waals surface area contributed by atoms with E-state index in [1.54, 1.807) is 12.1 Å². The molecule has 0 radical (unpaired) electrons. The van der Waals surface area contributed by atoms with Crippen LogP contribution >= 0.6 is 0 Å². The smallest absolute Gasteiger partial charge is 0.123 e. The third kappa shape index (κ3) is 1.48. The number of anilines is 1. The van der Waals surface area contributed by atoms with Crippen LogP contribution in [0.15, 0.2) is 24.3 Å². The summed E-state index contributed by atoms with van der Waals surface area (Å²) >= 11 is 0. The SMILES string of the molecule is CN(c1ccc(F)cc1)C1(CN)CC1. The Bertz CT molecular complexity index is 317. The van der Waals surface area contributed by atoms with Crippen LogP contribution in [0.4, 0.5) is 10.1 Å². The first-order chi connectivity index (χ1) is 6.68. The van der Waals surface area contributed by atoms with Gasteiger partial charge in [0.05, 0.1) is 5.54 Å². The summed E-state index contributed by atoms with van der Waals surface area (Å²) in [6.07, 6.45) is 2.27. The number of hydrogen-bond donors (Lipinski definition) is 1. The van der Waals surface area contributed by atoms with Gasteiger partial charge in [0, 0.05) is 19.3 Å². The summed E-state index contributed by atoms with van der Waals surface area (Å²) in [4.78, 5) is 2.16. The first-order valence-electron chi connectivity index (χ1n) is 4.87. The zero-order chi connectivity index (χ0) is 10.2. The summed E-state index contributed by atoms with van der Waals surface area (Å²) in [6, 6.07) is 6.56. The van der Waals surface area contributed by atoms with Gasteiger partial charge in [-0.15, -0.1) is 0 Å². The van der Waals surface area contributed by atoms with Gasteiger partial charge in [-0.1, -0.05) is 0 Å². The van der Waals surface area contributed by atoms with Crippen LogP contribution in [0.1, 0.15) is 12.8 Å². The molecule has 1 aliphatic rings. The summed E-state index contributed by atoms with van der Waals surface area (Å²) in [6.45, 7) is 0.668. The molecule has 1 saturated carbocycles. The monoisotopic (exact) mass is 194 g/mol. The number of nitrogens with two attached hydrogens (primary N) is 1. The molecule has 0 spiro atoms. The zero-order valence-corrected chi connectivity index (χ0v) is 8.33. The molecule has 1 aliphatic carbocycles. The summed E-state index contributed by atoms with van der Waals surface area (Å²) in [5.74, 6) is -0.195. The second-order valence-electron chi connectivity index (χ2n) is 3.96. The van der Waals surface area contributed by atoms with Crippen LogP contribution in [-0.2, 0) is 0 Å². The van der Waals surface area contributed by atoms with Crippen LogP contribution in [0.2, 0.25) is 0 Å². The quantitative estimate of drug-likeness (QED) is 0.794. The van der Waals surface area contributed by atoms with Crippen molar-refractivity contribution in [1.29, 1.82) is 0 Å². The first-order valence-corrected chi connectivity index (χ1v) is 4.87. The van der Waals surface area contributed by atoms with Gasteiger partial charge < -0.3 is 10.6 Å². The van der Waals surface area contributed by atoms with E-state index in [1.165, 1.54) is 12.1 Å². The molecule has 76 valence electrons. The lowest BCUT2D eigenvalue weighted by atomic mass is 10.2. The van der Waals surface area contributed by atoms with E-state index in [0.717, 1.165) is 18.5 Å². The van der Waals surface area contributed by atoms with Crippen molar-refractivity contribution >= 4 is 5.69 Å². The van der Waals surface area contributed by atoms with Gasteiger partial charge in [-0.25, -0.2) is 4.39 Å². The molecule has 1 aromatic carbocycles. The average Bonchev–Trinajstić information content (AvgIpc) is 2.99. The van der Waals surface area contributed by atoms with Crippen molar-refractivity contribution in [3.8, 4) is 0 Å². The summed E-state index contributed by atoms with van der Waals surface area (Å²) in [5, 5.41) is 0. The Kier molecular flexibility index (Phi) is 2.19. The Morgan fingerprint density at radius 2 is 1.93 bits per heavy atom. The fraction of sp³-hybridized carbons (Fsp3) is 0.455. The standard InChI is InChI=1S/C11H15FN2/c1-14(11(8-13)6-7-11)10-4-2-9(12)3-5-10/h2-5H,6-8,13H2,1H3. The molecular weight excluding hydrogens is 179 g/mol. The van der Waals surface area contributed by atoms with E-state index in [1.807, 2.05) is 7.05 Å². The van der Waals surface area contributed by atoms with Gasteiger partial charge in [0.15, 0.2) is 0 Å². The van der Waals surface area contributed by atoms with Crippen molar-refractivity contribution in [2.75, 3.05) is 18.5 Å². The van der Waals surface area contributed by atoms with E-state index in [2.05, 4.69) is 4.90 Å². The van der Waals surface area contributed by atoms with Gasteiger partial charge in [-0.3, -0.25) is 0 Å². The number of benzene rings is 1. The van der Waals surface area contributed by atoms with E-state index >= 15 is 0 Å². The Balaban J connectivity index is 2.19. The van der Waals surface area contributed by atoms with Gasteiger partial charge in [0.1, 0.15) is 5.82 Å². The van der Waals surface area contributed by atoms with E-state index in [0.29, 0.717) is 6.54 Å².